The standard InChI is InChI=1S/C28H27N3O4/c32-26(19-3-9-23(10-4-19)29-27(33)21-1-2-21)20-5-11-24(12-6-20)30-28(34)22-7-13-25(14-8-22)31-15-17-35-18-16-31/h3-14,21H,1-2,15-18H2,(H,29,33)(H,30,34). The number of carbonyl (C=O) groups excluding carboxylic acids is 3. The van der Waals surface area contributed by atoms with Crippen molar-refractivity contribution in [1.82, 2.24) is 0 Å². The number of morpholine rings is 1. The second-order valence-electron chi connectivity index (χ2n) is 8.85. The van der Waals surface area contributed by atoms with Crippen LogP contribution < -0.4 is 15.5 Å². The highest BCUT2D eigenvalue weighted by Crippen LogP contribution is 2.30. The Morgan fingerprint density at radius 1 is 0.686 bits per heavy atom. The lowest BCUT2D eigenvalue weighted by Gasteiger charge is -2.28. The number of rotatable bonds is 7. The molecular weight excluding hydrogens is 442 g/mol. The number of hydrogen-bond donors (Lipinski definition) is 2. The van der Waals surface area contributed by atoms with Gasteiger partial charge < -0.3 is 20.3 Å². The molecule has 1 aliphatic carbocycles. The summed E-state index contributed by atoms with van der Waals surface area (Å²) in [6.45, 7) is 3.12. The molecule has 3 aromatic rings. The number of nitrogens with zero attached hydrogens (tertiary/aromatic N) is 1. The van der Waals surface area contributed by atoms with Gasteiger partial charge >= 0.3 is 0 Å². The van der Waals surface area contributed by atoms with Crippen molar-refractivity contribution in [2.75, 3.05) is 41.8 Å². The number of nitrogens with one attached hydrogen (secondary N) is 2. The van der Waals surface area contributed by atoms with Gasteiger partial charge in [-0.15, -0.1) is 0 Å². The highest BCUT2D eigenvalue weighted by Gasteiger charge is 2.29. The first-order valence-corrected chi connectivity index (χ1v) is 11.9. The van der Waals surface area contributed by atoms with E-state index in [0.717, 1.165) is 31.6 Å². The second kappa shape index (κ2) is 10.1. The van der Waals surface area contributed by atoms with Crippen LogP contribution in [0.4, 0.5) is 17.1 Å². The Morgan fingerprint density at radius 2 is 1.20 bits per heavy atom. The summed E-state index contributed by atoms with van der Waals surface area (Å²) < 4.78 is 5.38. The molecular formula is C28H27N3O4. The molecule has 0 aromatic heterocycles. The first kappa shape index (κ1) is 22.8. The fourth-order valence-corrected chi connectivity index (χ4v) is 4.01. The van der Waals surface area contributed by atoms with E-state index < -0.39 is 0 Å². The highest BCUT2D eigenvalue weighted by molar-refractivity contribution is 6.10. The molecule has 1 aliphatic heterocycles. The van der Waals surface area contributed by atoms with Crippen LogP contribution >= 0.6 is 0 Å². The fraction of sp³-hybridized carbons (Fsp3) is 0.250. The molecule has 1 saturated heterocycles. The van der Waals surface area contributed by atoms with E-state index in [2.05, 4.69) is 15.5 Å². The number of anilines is 3. The van der Waals surface area contributed by atoms with Gasteiger partial charge in [-0.2, -0.15) is 0 Å². The Balaban J connectivity index is 1.18. The zero-order chi connectivity index (χ0) is 24.2. The molecule has 0 atom stereocenters. The maximum absolute atomic E-state index is 12.8. The molecule has 1 heterocycles. The van der Waals surface area contributed by atoms with Crippen molar-refractivity contribution in [3.8, 4) is 0 Å². The minimum Gasteiger partial charge on any atom is -0.378 e. The third-order valence-electron chi connectivity index (χ3n) is 6.27. The van der Waals surface area contributed by atoms with Crippen molar-refractivity contribution in [2.24, 2.45) is 5.92 Å². The fourth-order valence-electron chi connectivity index (χ4n) is 4.01. The smallest absolute Gasteiger partial charge is 0.255 e. The van der Waals surface area contributed by atoms with Gasteiger partial charge in [0.05, 0.1) is 13.2 Å². The van der Waals surface area contributed by atoms with Gasteiger partial charge in [0.1, 0.15) is 0 Å². The summed E-state index contributed by atoms with van der Waals surface area (Å²) in [5, 5.41) is 5.75. The van der Waals surface area contributed by atoms with Crippen LogP contribution in [0.1, 0.15) is 39.1 Å². The molecule has 7 heteroatoms. The molecule has 0 unspecified atom stereocenters. The van der Waals surface area contributed by atoms with Gasteiger partial charge in [-0.3, -0.25) is 14.4 Å². The van der Waals surface area contributed by atoms with Crippen LogP contribution in [0.25, 0.3) is 0 Å². The van der Waals surface area contributed by atoms with Crippen LogP contribution in [0.2, 0.25) is 0 Å². The van der Waals surface area contributed by atoms with E-state index in [4.69, 9.17) is 4.74 Å². The number of benzene rings is 3. The van der Waals surface area contributed by atoms with Crippen LogP contribution in [0.5, 0.6) is 0 Å². The first-order chi connectivity index (χ1) is 17.1. The lowest BCUT2D eigenvalue weighted by atomic mass is 10.0. The summed E-state index contributed by atoms with van der Waals surface area (Å²) in [6.07, 6.45) is 1.89. The van der Waals surface area contributed by atoms with Crippen LogP contribution in [0.3, 0.4) is 0 Å². The summed E-state index contributed by atoms with van der Waals surface area (Å²) in [7, 11) is 0. The van der Waals surface area contributed by atoms with Gasteiger partial charge in [0.2, 0.25) is 5.91 Å². The molecule has 3 aromatic carbocycles. The monoisotopic (exact) mass is 469 g/mol. The van der Waals surface area contributed by atoms with Gasteiger partial charge in [-0.25, -0.2) is 0 Å². The number of ether oxygens (including phenoxy) is 1. The van der Waals surface area contributed by atoms with Crippen LogP contribution in [0.15, 0.2) is 72.8 Å². The average Bonchev–Trinajstić information content (AvgIpc) is 3.76. The van der Waals surface area contributed by atoms with Gasteiger partial charge in [-0.05, 0) is 85.6 Å². The third kappa shape index (κ3) is 5.58. The molecule has 178 valence electrons. The summed E-state index contributed by atoms with van der Waals surface area (Å²) in [5.74, 6) is -0.164. The van der Waals surface area contributed by atoms with Gasteiger partial charge in [-0.1, -0.05) is 0 Å². The van der Waals surface area contributed by atoms with Crippen molar-refractivity contribution >= 4 is 34.7 Å². The van der Waals surface area contributed by atoms with Crippen LogP contribution in [0, 0.1) is 5.92 Å². The molecule has 0 spiro atoms. The van der Waals surface area contributed by atoms with E-state index in [-0.39, 0.29) is 23.5 Å². The molecule has 7 nitrogen and oxygen atoms in total. The lowest BCUT2D eigenvalue weighted by molar-refractivity contribution is -0.117. The summed E-state index contributed by atoms with van der Waals surface area (Å²) >= 11 is 0. The van der Waals surface area contributed by atoms with Crippen molar-refractivity contribution < 1.29 is 19.1 Å². The summed E-state index contributed by atoms with van der Waals surface area (Å²) in [4.78, 5) is 39.6. The molecule has 1 saturated carbocycles. The largest absolute Gasteiger partial charge is 0.378 e. The number of hydrogen-bond acceptors (Lipinski definition) is 5. The Hall–Kier alpha value is -3.97. The average molecular weight is 470 g/mol. The molecule has 2 fully saturated rings. The van der Waals surface area contributed by atoms with Gasteiger partial charge in [0.15, 0.2) is 5.78 Å². The van der Waals surface area contributed by atoms with E-state index in [1.165, 1.54) is 0 Å². The van der Waals surface area contributed by atoms with Crippen molar-refractivity contribution in [1.29, 1.82) is 0 Å². The predicted octanol–water partition coefficient (Wildman–Crippen LogP) is 4.36. The van der Waals surface area contributed by atoms with E-state index in [9.17, 15) is 14.4 Å². The van der Waals surface area contributed by atoms with Crippen molar-refractivity contribution in [2.45, 2.75) is 12.8 Å². The topological polar surface area (TPSA) is 87.7 Å². The van der Waals surface area contributed by atoms with Crippen LogP contribution in [-0.2, 0) is 9.53 Å². The minimum absolute atomic E-state index is 0.0368. The lowest BCUT2D eigenvalue weighted by Crippen LogP contribution is -2.36. The van der Waals surface area contributed by atoms with E-state index in [0.29, 0.717) is 41.3 Å². The van der Waals surface area contributed by atoms with E-state index in [1.807, 2.05) is 24.3 Å². The predicted molar refractivity (Wildman–Crippen MR) is 135 cm³/mol. The Kier molecular flexibility index (Phi) is 6.59. The molecule has 35 heavy (non-hydrogen) atoms. The number of amides is 2. The second-order valence-corrected chi connectivity index (χ2v) is 8.85. The molecule has 2 amide bonds. The van der Waals surface area contributed by atoms with Crippen LogP contribution in [-0.4, -0.2) is 43.9 Å². The maximum Gasteiger partial charge on any atom is 0.255 e. The minimum atomic E-state index is -0.207. The van der Waals surface area contributed by atoms with E-state index in [1.54, 1.807) is 48.5 Å². The van der Waals surface area contributed by atoms with E-state index >= 15 is 0 Å². The first-order valence-electron chi connectivity index (χ1n) is 11.9. The zero-order valence-electron chi connectivity index (χ0n) is 19.3. The Bertz CT molecular complexity index is 1210. The molecule has 0 bridgehead atoms. The number of carbonyl (C=O) groups is 3. The summed E-state index contributed by atoms with van der Waals surface area (Å²) in [5.41, 5.74) is 4.00. The zero-order valence-corrected chi connectivity index (χ0v) is 19.3. The Morgan fingerprint density at radius 3 is 1.74 bits per heavy atom. The molecule has 5 rings (SSSR count). The van der Waals surface area contributed by atoms with Crippen molar-refractivity contribution in [3.63, 3.8) is 0 Å². The Labute approximate surface area is 204 Å². The van der Waals surface area contributed by atoms with Gasteiger partial charge in [0.25, 0.3) is 5.91 Å². The number of ketones is 1. The quantitative estimate of drug-likeness (QED) is 0.502. The van der Waals surface area contributed by atoms with Gasteiger partial charge in [0, 0.05) is 52.8 Å². The molecule has 0 radical (unpaired) electrons. The normalized spacial score (nSPS) is 15.4. The van der Waals surface area contributed by atoms with Crippen molar-refractivity contribution in [3.05, 3.63) is 89.5 Å². The molecule has 2 N–H and O–H groups in total. The highest BCUT2D eigenvalue weighted by atomic mass is 16.5. The maximum atomic E-state index is 12.8. The third-order valence-corrected chi connectivity index (χ3v) is 6.27. The molecule has 2 aliphatic rings. The SMILES string of the molecule is O=C(Nc1ccc(C(=O)c2ccc(NC(=O)C3CC3)cc2)cc1)c1ccc(N2CCOCC2)cc1. The summed E-state index contributed by atoms with van der Waals surface area (Å²) in [6, 6.07) is 21.3.